The number of methoxy groups -OCH3 is 1. The third-order valence-corrected chi connectivity index (χ3v) is 5.74. The van der Waals surface area contributed by atoms with Gasteiger partial charge < -0.3 is 4.74 Å². The summed E-state index contributed by atoms with van der Waals surface area (Å²) < 4.78 is 20.9. The summed E-state index contributed by atoms with van der Waals surface area (Å²) >= 11 is 7.48. The lowest BCUT2D eigenvalue weighted by Gasteiger charge is -2.35. The lowest BCUT2D eigenvalue weighted by atomic mass is 10.2. The van der Waals surface area contributed by atoms with E-state index in [1.165, 1.54) is 40.4 Å². The monoisotopic (exact) mass is 415 g/mol. The number of nitrogens with zero attached hydrogens (tertiary/aromatic N) is 3. The molecule has 142 valence electrons. The van der Waals surface area contributed by atoms with Crippen LogP contribution in [-0.4, -0.2) is 18.1 Å². The number of halogens is 2. The van der Waals surface area contributed by atoms with Crippen LogP contribution in [-0.2, 0) is 6.54 Å². The fraction of sp³-hybridized carbons (Fsp3) is 0.100. The molecule has 2 heterocycles. The summed E-state index contributed by atoms with van der Waals surface area (Å²) in [6.07, 6.45) is 1.56. The molecule has 2 amide bonds. The Kier molecular flexibility index (Phi) is 5.11. The largest absolute Gasteiger partial charge is 0.481 e. The van der Waals surface area contributed by atoms with Gasteiger partial charge in [-0.15, -0.1) is 0 Å². The Balaban J connectivity index is 1.74. The Morgan fingerprint density at radius 3 is 2.68 bits per heavy atom. The lowest BCUT2D eigenvalue weighted by Crippen LogP contribution is -2.43. The van der Waals surface area contributed by atoms with E-state index < -0.39 is 5.82 Å². The van der Waals surface area contributed by atoms with Crippen LogP contribution in [0.4, 0.5) is 20.6 Å². The van der Waals surface area contributed by atoms with Crippen LogP contribution >= 0.6 is 23.5 Å². The van der Waals surface area contributed by atoms with Gasteiger partial charge in [0, 0.05) is 16.7 Å². The van der Waals surface area contributed by atoms with Crippen molar-refractivity contribution in [2.75, 3.05) is 16.3 Å². The quantitative estimate of drug-likeness (QED) is 0.525. The molecule has 0 saturated carbocycles. The summed E-state index contributed by atoms with van der Waals surface area (Å²) in [5, 5.41) is 0.279. The summed E-state index contributed by atoms with van der Waals surface area (Å²) in [7, 11) is 1.53. The molecule has 0 saturated heterocycles. The van der Waals surface area contributed by atoms with Gasteiger partial charge in [0.05, 0.1) is 36.1 Å². The third kappa shape index (κ3) is 3.39. The molecular formula is C20H15ClFN3O2S. The van der Waals surface area contributed by atoms with E-state index in [0.29, 0.717) is 17.3 Å². The number of rotatable bonds is 4. The number of pyridine rings is 1. The normalized spacial score (nSPS) is 13.5. The second-order valence-electron chi connectivity index (χ2n) is 5.98. The predicted molar refractivity (Wildman–Crippen MR) is 109 cm³/mol. The van der Waals surface area contributed by atoms with Crippen LogP contribution in [0.15, 0.2) is 65.7 Å². The summed E-state index contributed by atoms with van der Waals surface area (Å²) in [5.41, 5.74) is 1.57. The van der Waals surface area contributed by atoms with Gasteiger partial charge in [-0.2, -0.15) is 0 Å². The number of carbonyl (C=O) groups is 1. The molecule has 0 aliphatic carbocycles. The number of anilines is 2. The molecule has 0 unspecified atom stereocenters. The SMILES string of the molecule is COc1ccc(N2Sc3ccccc3N(Cc3c(F)cccc3Cl)C2=O)cn1. The average molecular weight is 416 g/mol. The molecule has 1 aromatic heterocycles. The Labute approximate surface area is 170 Å². The molecule has 5 nitrogen and oxygen atoms in total. The topological polar surface area (TPSA) is 45.7 Å². The number of fused-ring (bicyclic) bond motifs is 1. The van der Waals surface area contributed by atoms with Gasteiger partial charge in [0.25, 0.3) is 0 Å². The van der Waals surface area contributed by atoms with Crippen LogP contribution in [0.25, 0.3) is 0 Å². The number of ether oxygens (including phenoxy) is 1. The van der Waals surface area contributed by atoms with E-state index in [1.807, 2.05) is 24.3 Å². The summed E-state index contributed by atoms with van der Waals surface area (Å²) in [6.45, 7) is 0.0159. The molecule has 0 fully saturated rings. The van der Waals surface area contributed by atoms with Gasteiger partial charge in [0.15, 0.2) is 0 Å². The van der Waals surface area contributed by atoms with Crippen molar-refractivity contribution in [2.45, 2.75) is 11.4 Å². The number of amides is 2. The standard InChI is InChI=1S/C20H15ClFN3O2S/c1-27-19-10-9-13(11-23-19)25-20(26)24(17-7-2-3-8-18(17)28-25)12-14-15(21)5-4-6-16(14)22/h2-11H,12H2,1H3. The van der Waals surface area contributed by atoms with Crippen molar-refractivity contribution < 1.29 is 13.9 Å². The molecule has 28 heavy (non-hydrogen) atoms. The third-order valence-electron chi connectivity index (χ3n) is 4.29. The van der Waals surface area contributed by atoms with E-state index in [-0.39, 0.29) is 23.2 Å². The zero-order valence-electron chi connectivity index (χ0n) is 14.8. The Morgan fingerprint density at radius 2 is 1.96 bits per heavy atom. The summed E-state index contributed by atoms with van der Waals surface area (Å²) in [6, 6.07) is 15.1. The molecule has 0 atom stereocenters. The lowest BCUT2D eigenvalue weighted by molar-refractivity contribution is 0.254. The van der Waals surface area contributed by atoms with E-state index in [1.54, 1.807) is 24.4 Å². The van der Waals surface area contributed by atoms with Gasteiger partial charge >= 0.3 is 6.03 Å². The van der Waals surface area contributed by atoms with Crippen molar-refractivity contribution >= 4 is 41.0 Å². The number of benzene rings is 2. The maximum Gasteiger partial charge on any atom is 0.339 e. The zero-order valence-corrected chi connectivity index (χ0v) is 16.4. The van der Waals surface area contributed by atoms with Gasteiger partial charge in [-0.3, -0.25) is 4.90 Å². The number of carbonyl (C=O) groups excluding carboxylic acids is 1. The smallest absolute Gasteiger partial charge is 0.339 e. The van der Waals surface area contributed by atoms with Gasteiger partial charge in [0.2, 0.25) is 5.88 Å². The number of aromatic nitrogens is 1. The fourth-order valence-corrected chi connectivity index (χ4v) is 4.10. The Morgan fingerprint density at radius 1 is 1.14 bits per heavy atom. The molecule has 1 aliphatic heterocycles. The van der Waals surface area contributed by atoms with E-state index in [2.05, 4.69) is 4.98 Å². The number of hydrogen-bond donors (Lipinski definition) is 0. The molecule has 0 radical (unpaired) electrons. The molecule has 0 bridgehead atoms. The van der Waals surface area contributed by atoms with E-state index in [9.17, 15) is 9.18 Å². The van der Waals surface area contributed by atoms with Crippen molar-refractivity contribution in [3.05, 3.63) is 77.2 Å². The van der Waals surface area contributed by atoms with E-state index in [0.717, 1.165) is 4.90 Å². The first kappa shape index (κ1) is 18.6. The second-order valence-corrected chi connectivity index (χ2v) is 7.38. The van der Waals surface area contributed by atoms with Crippen LogP contribution in [0.2, 0.25) is 5.02 Å². The van der Waals surface area contributed by atoms with Crippen molar-refractivity contribution in [1.29, 1.82) is 0 Å². The zero-order chi connectivity index (χ0) is 19.7. The highest BCUT2D eigenvalue weighted by molar-refractivity contribution is 8.01. The highest BCUT2D eigenvalue weighted by atomic mass is 35.5. The van der Waals surface area contributed by atoms with Crippen molar-refractivity contribution in [3.8, 4) is 5.88 Å². The molecule has 4 rings (SSSR count). The second kappa shape index (κ2) is 7.69. The van der Waals surface area contributed by atoms with E-state index in [4.69, 9.17) is 16.3 Å². The molecule has 2 aromatic carbocycles. The molecule has 8 heteroatoms. The van der Waals surface area contributed by atoms with Gasteiger partial charge in [-0.25, -0.2) is 18.5 Å². The maximum atomic E-state index is 14.3. The molecule has 0 N–H and O–H groups in total. The van der Waals surface area contributed by atoms with Crippen molar-refractivity contribution in [1.82, 2.24) is 4.98 Å². The minimum Gasteiger partial charge on any atom is -0.481 e. The number of urea groups is 1. The van der Waals surface area contributed by atoms with Crippen molar-refractivity contribution in [3.63, 3.8) is 0 Å². The van der Waals surface area contributed by atoms with Gasteiger partial charge in [0.1, 0.15) is 5.82 Å². The van der Waals surface area contributed by atoms with Gasteiger partial charge in [-0.1, -0.05) is 29.8 Å². The highest BCUT2D eigenvalue weighted by Crippen LogP contribution is 2.42. The maximum absolute atomic E-state index is 14.3. The molecule has 0 spiro atoms. The van der Waals surface area contributed by atoms with Gasteiger partial charge in [-0.05, 0) is 42.3 Å². The minimum atomic E-state index is -0.450. The van der Waals surface area contributed by atoms with E-state index >= 15 is 0 Å². The molecule has 3 aromatic rings. The highest BCUT2D eigenvalue weighted by Gasteiger charge is 2.33. The van der Waals surface area contributed by atoms with Crippen LogP contribution in [0.5, 0.6) is 5.88 Å². The molecule has 1 aliphatic rings. The van der Waals surface area contributed by atoms with Crippen LogP contribution in [0, 0.1) is 5.82 Å². The first-order valence-corrected chi connectivity index (χ1v) is 9.55. The van der Waals surface area contributed by atoms with Crippen LogP contribution < -0.4 is 13.9 Å². The Bertz CT molecular complexity index is 1010. The Hall–Kier alpha value is -2.77. The predicted octanol–water partition coefficient (Wildman–Crippen LogP) is 5.54. The van der Waals surface area contributed by atoms with Crippen LogP contribution in [0.1, 0.15) is 5.56 Å². The molecular weight excluding hydrogens is 401 g/mol. The first-order chi connectivity index (χ1) is 13.6. The van der Waals surface area contributed by atoms with Crippen LogP contribution in [0.3, 0.4) is 0 Å². The summed E-state index contributed by atoms with van der Waals surface area (Å²) in [4.78, 5) is 19.8. The van der Waals surface area contributed by atoms with Crippen molar-refractivity contribution in [2.24, 2.45) is 0 Å². The first-order valence-electron chi connectivity index (χ1n) is 8.40. The summed E-state index contributed by atoms with van der Waals surface area (Å²) in [5.74, 6) is 0.00211. The minimum absolute atomic E-state index is 0.0159. The number of hydrogen-bond acceptors (Lipinski definition) is 4. The fourth-order valence-electron chi connectivity index (χ4n) is 2.88. The number of para-hydroxylation sites is 1. The average Bonchev–Trinajstić information content (AvgIpc) is 2.72.